The van der Waals surface area contributed by atoms with Crippen LogP contribution in [-0.2, 0) is 9.47 Å². The Labute approximate surface area is 149 Å². The Morgan fingerprint density at radius 3 is 2.00 bits per heavy atom. The van der Waals surface area contributed by atoms with Gasteiger partial charge in [0.25, 0.3) is 0 Å². The highest BCUT2D eigenvalue weighted by Crippen LogP contribution is 2.42. The summed E-state index contributed by atoms with van der Waals surface area (Å²) in [6, 6.07) is 0. The lowest BCUT2D eigenvalue weighted by Gasteiger charge is -2.37. The highest BCUT2D eigenvalue weighted by molar-refractivity contribution is 4.94. The summed E-state index contributed by atoms with van der Waals surface area (Å²) in [6.45, 7) is 3.82. The van der Waals surface area contributed by atoms with Gasteiger partial charge in [-0.15, -0.1) is 0 Å². The van der Waals surface area contributed by atoms with Gasteiger partial charge in [0.05, 0.1) is 13.2 Å². The van der Waals surface area contributed by atoms with E-state index in [1.807, 2.05) is 0 Å². The second kappa shape index (κ2) is 9.97. The number of hydrogen-bond donors (Lipinski definition) is 0. The first-order valence-corrected chi connectivity index (χ1v) is 10.8. The summed E-state index contributed by atoms with van der Waals surface area (Å²) < 4.78 is 11.0. The van der Waals surface area contributed by atoms with Crippen LogP contribution in [0.4, 0.5) is 0 Å². The van der Waals surface area contributed by atoms with Crippen molar-refractivity contribution >= 4 is 0 Å². The molecule has 2 saturated carbocycles. The van der Waals surface area contributed by atoms with E-state index in [-0.39, 0.29) is 6.29 Å². The highest BCUT2D eigenvalue weighted by atomic mass is 16.7. The molecule has 2 aliphatic carbocycles. The zero-order valence-electron chi connectivity index (χ0n) is 15.8. The smallest absolute Gasteiger partial charge is 0.177 e. The van der Waals surface area contributed by atoms with Gasteiger partial charge in [-0.25, -0.2) is 0 Å². The van der Waals surface area contributed by atoms with Gasteiger partial charge in [-0.3, -0.25) is 0 Å². The molecule has 0 aromatic carbocycles. The summed E-state index contributed by atoms with van der Waals surface area (Å²) in [5.41, 5.74) is 0. The average Bonchev–Trinajstić information content (AvgIpc) is 3.15. The van der Waals surface area contributed by atoms with E-state index in [1.54, 1.807) is 0 Å². The third-order valence-corrected chi connectivity index (χ3v) is 6.78. The van der Waals surface area contributed by atoms with Crippen LogP contribution in [0.3, 0.4) is 0 Å². The molecule has 0 radical (unpaired) electrons. The lowest BCUT2D eigenvalue weighted by atomic mass is 9.68. The molecule has 1 aliphatic heterocycles. The maximum Gasteiger partial charge on any atom is 0.177 e. The van der Waals surface area contributed by atoms with Gasteiger partial charge in [-0.1, -0.05) is 51.5 Å². The molecule has 138 valence electrons. The Bertz CT molecular complexity index is 356. The maximum atomic E-state index is 5.50. The van der Waals surface area contributed by atoms with E-state index in [0.29, 0.717) is 0 Å². The molecule has 0 spiro atoms. The Hall–Kier alpha value is -0.340. The minimum absolute atomic E-state index is 0.0642. The standard InChI is InChI=1S/C22H38O2/c1-2-3-4-5-18-6-11-20(12-7-18)21-13-8-19(9-14-21)10-15-22-23-16-17-24-22/h10,15,18-22H,2-9,11-14,16-17H2,1H3/b15-10+. The zero-order valence-corrected chi connectivity index (χ0v) is 15.8. The van der Waals surface area contributed by atoms with E-state index in [9.17, 15) is 0 Å². The zero-order chi connectivity index (χ0) is 16.6. The lowest BCUT2D eigenvalue weighted by molar-refractivity contribution is -0.00208. The minimum Gasteiger partial charge on any atom is -0.347 e. The maximum absolute atomic E-state index is 5.50. The summed E-state index contributed by atoms with van der Waals surface area (Å²) in [4.78, 5) is 0. The Morgan fingerprint density at radius 2 is 1.38 bits per heavy atom. The van der Waals surface area contributed by atoms with Crippen LogP contribution >= 0.6 is 0 Å². The summed E-state index contributed by atoms with van der Waals surface area (Å²) >= 11 is 0. The third-order valence-electron chi connectivity index (χ3n) is 6.78. The molecule has 0 atom stereocenters. The van der Waals surface area contributed by atoms with Gasteiger partial charge < -0.3 is 9.47 Å². The van der Waals surface area contributed by atoms with Crippen LogP contribution in [0.5, 0.6) is 0 Å². The summed E-state index contributed by atoms with van der Waals surface area (Å²) in [5.74, 6) is 3.88. The second-order valence-corrected chi connectivity index (χ2v) is 8.45. The fourth-order valence-corrected chi connectivity index (χ4v) is 5.18. The molecule has 0 amide bonds. The third kappa shape index (κ3) is 5.59. The number of allylic oxidation sites excluding steroid dienone is 1. The number of ether oxygens (including phenoxy) is 2. The molecule has 3 rings (SSSR count). The van der Waals surface area contributed by atoms with Crippen LogP contribution in [0.15, 0.2) is 12.2 Å². The number of unbranched alkanes of at least 4 members (excludes halogenated alkanes) is 2. The van der Waals surface area contributed by atoms with Crippen molar-refractivity contribution in [1.29, 1.82) is 0 Å². The molecule has 1 heterocycles. The van der Waals surface area contributed by atoms with Crippen molar-refractivity contribution in [3.05, 3.63) is 12.2 Å². The summed E-state index contributed by atoms with van der Waals surface area (Å²) in [6.07, 6.45) is 22.0. The molecule has 0 aromatic heterocycles. The van der Waals surface area contributed by atoms with E-state index < -0.39 is 0 Å². The van der Waals surface area contributed by atoms with E-state index in [2.05, 4.69) is 19.1 Å². The molecular weight excluding hydrogens is 296 g/mol. The molecule has 3 fully saturated rings. The molecule has 2 nitrogen and oxygen atoms in total. The first-order chi connectivity index (χ1) is 11.8. The van der Waals surface area contributed by atoms with E-state index in [4.69, 9.17) is 9.47 Å². The molecular formula is C22H38O2. The van der Waals surface area contributed by atoms with Crippen molar-refractivity contribution in [2.45, 2.75) is 90.3 Å². The van der Waals surface area contributed by atoms with Crippen molar-refractivity contribution in [2.24, 2.45) is 23.7 Å². The molecule has 2 heteroatoms. The van der Waals surface area contributed by atoms with Crippen LogP contribution in [0.1, 0.15) is 84.0 Å². The monoisotopic (exact) mass is 334 g/mol. The first-order valence-electron chi connectivity index (χ1n) is 10.8. The van der Waals surface area contributed by atoms with Crippen LogP contribution in [-0.4, -0.2) is 19.5 Å². The molecule has 24 heavy (non-hydrogen) atoms. The summed E-state index contributed by atoms with van der Waals surface area (Å²) in [7, 11) is 0. The Kier molecular flexibility index (Phi) is 7.66. The van der Waals surface area contributed by atoms with Gasteiger partial charge in [0.2, 0.25) is 0 Å². The SMILES string of the molecule is CCCCCC1CCC(C2CCC(/C=C/C3OCCO3)CC2)CC1. The first kappa shape index (κ1) is 18.5. The minimum atomic E-state index is -0.0642. The van der Waals surface area contributed by atoms with E-state index >= 15 is 0 Å². The highest BCUT2D eigenvalue weighted by Gasteiger charge is 2.30. The number of hydrogen-bond acceptors (Lipinski definition) is 2. The molecule has 0 N–H and O–H groups in total. The van der Waals surface area contributed by atoms with Crippen molar-refractivity contribution in [1.82, 2.24) is 0 Å². The van der Waals surface area contributed by atoms with Crippen LogP contribution in [0.2, 0.25) is 0 Å². The quantitative estimate of drug-likeness (QED) is 0.413. The summed E-state index contributed by atoms with van der Waals surface area (Å²) in [5, 5.41) is 0. The predicted octanol–water partition coefficient (Wildman–Crippen LogP) is 6.11. The molecule has 0 bridgehead atoms. The topological polar surface area (TPSA) is 18.5 Å². The van der Waals surface area contributed by atoms with Crippen LogP contribution in [0.25, 0.3) is 0 Å². The lowest BCUT2D eigenvalue weighted by Crippen LogP contribution is -2.25. The van der Waals surface area contributed by atoms with Gasteiger partial charge in [-0.05, 0) is 68.3 Å². The van der Waals surface area contributed by atoms with E-state index in [1.165, 1.54) is 77.0 Å². The largest absolute Gasteiger partial charge is 0.347 e. The molecule has 3 aliphatic rings. The Balaban J connectivity index is 1.32. The Morgan fingerprint density at radius 1 is 0.750 bits per heavy atom. The normalized spacial score (nSPS) is 35.7. The van der Waals surface area contributed by atoms with Crippen molar-refractivity contribution in [3.63, 3.8) is 0 Å². The fourth-order valence-electron chi connectivity index (χ4n) is 5.18. The molecule has 0 aromatic rings. The average molecular weight is 335 g/mol. The van der Waals surface area contributed by atoms with Crippen LogP contribution < -0.4 is 0 Å². The van der Waals surface area contributed by atoms with Crippen molar-refractivity contribution in [3.8, 4) is 0 Å². The second-order valence-electron chi connectivity index (χ2n) is 8.45. The molecule has 0 unspecified atom stereocenters. The van der Waals surface area contributed by atoms with Crippen LogP contribution in [0, 0.1) is 23.7 Å². The number of rotatable bonds is 7. The molecule has 1 saturated heterocycles. The van der Waals surface area contributed by atoms with Gasteiger partial charge in [0.15, 0.2) is 6.29 Å². The van der Waals surface area contributed by atoms with Gasteiger partial charge in [0, 0.05) is 0 Å². The van der Waals surface area contributed by atoms with Crippen molar-refractivity contribution < 1.29 is 9.47 Å². The predicted molar refractivity (Wildman–Crippen MR) is 99.9 cm³/mol. The fraction of sp³-hybridized carbons (Fsp3) is 0.909. The van der Waals surface area contributed by atoms with Crippen molar-refractivity contribution in [2.75, 3.05) is 13.2 Å². The van der Waals surface area contributed by atoms with Gasteiger partial charge in [-0.2, -0.15) is 0 Å². The van der Waals surface area contributed by atoms with E-state index in [0.717, 1.165) is 36.9 Å². The van der Waals surface area contributed by atoms with Gasteiger partial charge >= 0.3 is 0 Å². The van der Waals surface area contributed by atoms with Gasteiger partial charge in [0.1, 0.15) is 0 Å².